The number of nitrogens with zero attached hydrogens (tertiary/aromatic N) is 4. The molecule has 8 aromatic rings. The Bertz CT molecular complexity index is 2880. The van der Waals surface area contributed by atoms with Gasteiger partial charge >= 0.3 is 0 Å². The lowest BCUT2D eigenvalue weighted by molar-refractivity contribution is 0.188. The highest BCUT2D eigenvalue weighted by Crippen LogP contribution is 2.40. The highest BCUT2D eigenvalue weighted by atomic mass is 79.9. The van der Waals surface area contributed by atoms with Crippen molar-refractivity contribution < 1.29 is 23.7 Å². The molecule has 0 N–H and O–H groups in total. The number of hydrogen-bond donors (Lipinski definition) is 0. The summed E-state index contributed by atoms with van der Waals surface area (Å²) in [7, 11) is 8.60. The zero-order valence-corrected chi connectivity index (χ0v) is 42.4. The number of fused-ring (bicyclic) bond motifs is 2. The number of halogens is 1. The van der Waals surface area contributed by atoms with E-state index in [9.17, 15) is 0 Å². The van der Waals surface area contributed by atoms with Crippen molar-refractivity contribution in [2.75, 3.05) is 48.8 Å². The molecule has 350 valence electrons. The van der Waals surface area contributed by atoms with Crippen LogP contribution in [0.2, 0.25) is 0 Å². The van der Waals surface area contributed by atoms with Crippen molar-refractivity contribution in [2.45, 2.75) is 78.8 Å². The standard InChI is InChI=1S/C29H34N2O2.C28H31BrN2O3/c1-6-25-24(18-21-10-8-7-9-11-21)19-26(33-5)28-27(25)30-29(31(28)16-17-32-4)23-14-12-22(13-15-23)20(2)3;1-18(2)20-9-11-21(12-10-20)28-30-26-25(29)22(15-19-7-6-8-23(16-19)33-4)17-24(34-5)27(26)31(28)13-14-32-3/h7-15,19-20H,6,16-18H2,1-5H3;6-12,16-18H,13-15H2,1-5H3. The number of aromatic nitrogens is 4. The molecule has 8 rings (SSSR count). The van der Waals surface area contributed by atoms with Crippen LogP contribution in [0.25, 0.3) is 44.8 Å². The van der Waals surface area contributed by atoms with Gasteiger partial charge in [0, 0.05) is 42.9 Å². The van der Waals surface area contributed by atoms with Gasteiger partial charge in [0.15, 0.2) is 0 Å². The molecule has 0 aliphatic heterocycles. The van der Waals surface area contributed by atoms with Crippen LogP contribution >= 0.6 is 15.9 Å². The quantitative estimate of drug-likeness (QED) is 0.0847. The van der Waals surface area contributed by atoms with E-state index in [0.29, 0.717) is 38.1 Å². The van der Waals surface area contributed by atoms with Gasteiger partial charge in [0.05, 0.1) is 40.1 Å². The van der Waals surface area contributed by atoms with Crippen LogP contribution < -0.4 is 14.2 Å². The molecule has 2 aromatic heterocycles. The SMILES string of the molecule is CCc1c(Cc2ccccc2)cc(OC)c2c1nc(-c1ccc(C(C)C)cc1)n2CCOC.COCCn1c(-c2ccc(C(C)C)cc2)nc2c(Br)c(Cc3cccc(OC)c3)cc(OC)c21. The maximum atomic E-state index is 5.92. The molecule has 0 unspecified atom stereocenters. The Morgan fingerprint density at radius 3 is 1.52 bits per heavy atom. The Labute approximate surface area is 405 Å². The molecule has 9 nitrogen and oxygen atoms in total. The van der Waals surface area contributed by atoms with E-state index in [1.807, 2.05) is 12.1 Å². The predicted molar refractivity (Wildman–Crippen MR) is 277 cm³/mol. The summed E-state index contributed by atoms with van der Waals surface area (Å²) in [6, 6.07) is 40.5. The smallest absolute Gasteiger partial charge is 0.145 e. The average molecular weight is 966 g/mol. The van der Waals surface area contributed by atoms with Crippen LogP contribution in [0.5, 0.6) is 17.2 Å². The van der Waals surface area contributed by atoms with Crippen molar-refractivity contribution in [1.82, 2.24) is 19.1 Å². The summed E-state index contributed by atoms with van der Waals surface area (Å²) in [4.78, 5) is 10.3. The molecule has 0 bridgehead atoms. The minimum atomic E-state index is 0.481. The van der Waals surface area contributed by atoms with Gasteiger partial charge in [-0.05, 0) is 110 Å². The number of imidazole rings is 2. The monoisotopic (exact) mass is 964 g/mol. The highest BCUT2D eigenvalue weighted by Gasteiger charge is 2.23. The third kappa shape index (κ3) is 10.9. The zero-order chi connectivity index (χ0) is 47.6. The van der Waals surface area contributed by atoms with Crippen LogP contribution in [0.3, 0.4) is 0 Å². The Balaban J connectivity index is 0.000000199. The third-order valence-corrected chi connectivity index (χ3v) is 13.3. The molecule has 0 saturated carbocycles. The number of methoxy groups -OCH3 is 5. The molecule has 0 atom stereocenters. The number of aryl methyl sites for hydroxylation is 1. The molecular weight excluding hydrogens is 901 g/mol. The molecular formula is C57H65BrN4O5. The number of rotatable bonds is 18. The van der Waals surface area contributed by atoms with Gasteiger partial charge < -0.3 is 32.8 Å². The minimum absolute atomic E-state index is 0.481. The molecule has 0 aliphatic carbocycles. The van der Waals surface area contributed by atoms with Crippen LogP contribution in [0.15, 0.2) is 120 Å². The fourth-order valence-electron chi connectivity index (χ4n) is 8.76. The normalized spacial score (nSPS) is 11.4. The van der Waals surface area contributed by atoms with Gasteiger partial charge in [-0.2, -0.15) is 0 Å². The second-order valence-corrected chi connectivity index (χ2v) is 18.2. The predicted octanol–water partition coefficient (Wildman–Crippen LogP) is 13.5. The first-order valence-electron chi connectivity index (χ1n) is 23.2. The van der Waals surface area contributed by atoms with Crippen molar-refractivity contribution in [3.05, 3.63) is 159 Å². The zero-order valence-electron chi connectivity index (χ0n) is 40.8. The molecule has 0 amide bonds. The molecule has 0 radical (unpaired) electrons. The van der Waals surface area contributed by atoms with E-state index in [2.05, 4.69) is 163 Å². The van der Waals surface area contributed by atoms with Gasteiger partial charge in [0.2, 0.25) is 0 Å². The largest absolute Gasteiger partial charge is 0.497 e. The van der Waals surface area contributed by atoms with Gasteiger partial charge in [-0.3, -0.25) is 0 Å². The molecule has 0 spiro atoms. The first-order valence-corrected chi connectivity index (χ1v) is 24.0. The maximum absolute atomic E-state index is 5.92. The van der Waals surface area contributed by atoms with Crippen LogP contribution in [0.1, 0.15) is 85.4 Å². The Kier molecular flexibility index (Phi) is 16.6. The van der Waals surface area contributed by atoms with Crippen molar-refractivity contribution in [3.8, 4) is 40.0 Å². The summed E-state index contributed by atoms with van der Waals surface area (Å²) in [6.45, 7) is 13.6. The fraction of sp³-hybridized carbons (Fsp3) is 0.333. The van der Waals surface area contributed by atoms with Crippen molar-refractivity contribution >= 4 is 38.0 Å². The van der Waals surface area contributed by atoms with Crippen molar-refractivity contribution in [1.29, 1.82) is 0 Å². The third-order valence-electron chi connectivity index (χ3n) is 12.4. The first-order chi connectivity index (χ1) is 32.5. The number of benzene rings is 6. The molecule has 2 heterocycles. The average Bonchev–Trinajstić information content (AvgIpc) is 3.93. The summed E-state index contributed by atoms with van der Waals surface area (Å²) in [5.41, 5.74) is 14.8. The molecule has 6 aromatic carbocycles. The van der Waals surface area contributed by atoms with Gasteiger partial charge in [-0.15, -0.1) is 0 Å². The minimum Gasteiger partial charge on any atom is -0.497 e. The molecule has 0 saturated heterocycles. The topological polar surface area (TPSA) is 81.8 Å². The first kappa shape index (κ1) is 49.0. The van der Waals surface area contributed by atoms with Gasteiger partial charge in [-0.1, -0.05) is 126 Å². The lowest BCUT2D eigenvalue weighted by Gasteiger charge is -2.15. The van der Waals surface area contributed by atoms with Crippen LogP contribution in [-0.4, -0.2) is 67.9 Å². The molecule has 0 fully saturated rings. The number of hydrogen-bond acceptors (Lipinski definition) is 7. The van der Waals surface area contributed by atoms with E-state index >= 15 is 0 Å². The summed E-state index contributed by atoms with van der Waals surface area (Å²) >= 11 is 3.86. The van der Waals surface area contributed by atoms with Gasteiger partial charge in [-0.25, -0.2) is 9.97 Å². The Hall–Kier alpha value is -5.94. The van der Waals surface area contributed by atoms with E-state index in [-0.39, 0.29) is 0 Å². The maximum Gasteiger partial charge on any atom is 0.145 e. The molecule has 10 heteroatoms. The lowest BCUT2D eigenvalue weighted by Crippen LogP contribution is -2.07. The van der Waals surface area contributed by atoms with Crippen LogP contribution in [0.4, 0.5) is 0 Å². The van der Waals surface area contributed by atoms with Crippen LogP contribution in [-0.2, 0) is 41.8 Å². The highest BCUT2D eigenvalue weighted by molar-refractivity contribution is 9.10. The fourth-order valence-corrected chi connectivity index (χ4v) is 9.29. The summed E-state index contributed by atoms with van der Waals surface area (Å²) in [5, 5.41) is 0. The molecule has 67 heavy (non-hydrogen) atoms. The van der Waals surface area contributed by atoms with Crippen molar-refractivity contribution in [3.63, 3.8) is 0 Å². The number of ether oxygens (including phenoxy) is 5. The second-order valence-electron chi connectivity index (χ2n) is 17.4. The molecule has 0 aliphatic rings. The summed E-state index contributed by atoms with van der Waals surface area (Å²) in [5.74, 6) is 5.35. The van der Waals surface area contributed by atoms with Crippen LogP contribution in [0, 0.1) is 0 Å². The second kappa shape index (κ2) is 22.7. The van der Waals surface area contributed by atoms with E-state index in [1.165, 1.54) is 27.8 Å². The van der Waals surface area contributed by atoms with E-state index in [1.54, 1.807) is 35.5 Å². The van der Waals surface area contributed by atoms with E-state index < -0.39 is 0 Å². The van der Waals surface area contributed by atoms with Gasteiger partial charge in [0.25, 0.3) is 0 Å². The van der Waals surface area contributed by atoms with E-state index in [4.69, 9.17) is 33.7 Å². The van der Waals surface area contributed by atoms with Crippen molar-refractivity contribution in [2.24, 2.45) is 0 Å². The Morgan fingerprint density at radius 1 is 0.537 bits per heavy atom. The lowest BCUT2D eigenvalue weighted by atomic mass is 9.96. The summed E-state index contributed by atoms with van der Waals surface area (Å²) in [6.07, 6.45) is 2.50. The van der Waals surface area contributed by atoms with Gasteiger partial charge in [0.1, 0.15) is 45.4 Å². The Morgan fingerprint density at radius 2 is 1.03 bits per heavy atom. The summed E-state index contributed by atoms with van der Waals surface area (Å²) < 4.78 is 33.5. The van der Waals surface area contributed by atoms with E-state index in [0.717, 1.165) is 97.0 Å².